The van der Waals surface area contributed by atoms with E-state index in [-0.39, 0.29) is 18.0 Å². The Morgan fingerprint density at radius 1 is 0.917 bits per heavy atom. The number of unbranched alkanes of at least 4 members (excludes halogenated alkanes) is 2. The Balaban J connectivity index is 1.56. The van der Waals surface area contributed by atoms with Gasteiger partial charge in [-0.15, -0.1) is 0 Å². The summed E-state index contributed by atoms with van der Waals surface area (Å²) in [7, 11) is 0. The van der Waals surface area contributed by atoms with E-state index in [1.165, 1.54) is 77.0 Å². The molecule has 2 rings (SSSR count). The van der Waals surface area contributed by atoms with E-state index in [0.29, 0.717) is 0 Å². The lowest BCUT2D eigenvalue weighted by molar-refractivity contribution is -0.155. The lowest BCUT2D eigenvalue weighted by Crippen LogP contribution is -2.25. The summed E-state index contributed by atoms with van der Waals surface area (Å²) in [6, 6.07) is 0. The van der Waals surface area contributed by atoms with Gasteiger partial charge >= 0.3 is 5.97 Å². The zero-order valence-electron chi connectivity index (χ0n) is 16.2. The number of carbonyl (C=O) groups excluding carboxylic acids is 1. The maximum Gasteiger partial charge on any atom is 0.308 e. The molecule has 2 aliphatic carbocycles. The minimum Gasteiger partial charge on any atom is -0.462 e. The van der Waals surface area contributed by atoms with Gasteiger partial charge in [0.1, 0.15) is 6.10 Å². The van der Waals surface area contributed by atoms with E-state index in [2.05, 4.69) is 13.8 Å². The van der Waals surface area contributed by atoms with Crippen molar-refractivity contribution in [3.63, 3.8) is 0 Å². The highest BCUT2D eigenvalue weighted by molar-refractivity contribution is 5.72. The SMILES string of the molecule is CCCCCC1CCC(CCC(C)C(=O)OC2CCCCC2)CC1. The van der Waals surface area contributed by atoms with E-state index in [1.54, 1.807) is 0 Å². The number of rotatable bonds is 9. The number of esters is 1. The van der Waals surface area contributed by atoms with Crippen LogP contribution in [0.5, 0.6) is 0 Å². The summed E-state index contributed by atoms with van der Waals surface area (Å²) in [5, 5.41) is 0. The first-order valence-corrected chi connectivity index (χ1v) is 10.9. The highest BCUT2D eigenvalue weighted by Gasteiger charge is 2.24. The molecule has 0 spiro atoms. The molecule has 0 saturated heterocycles. The number of hydrogen-bond donors (Lipinski definition) is 0. The number of ether oxygens (including phenoxy) is 1. The number of carbonyl (C=O) groups is 1. The monoisotopic (exact) mass is 336 g/mol. The third-order valence-electron chi connectivity index (χ3n) is 6.43. The van der Waals surface area contributed by atoms with E-state index in [1.807, 2.05) is 0 Å². The Hall–Kier alpha value is -0.530. The van der Waals surface area contributed by atoms with E-state index in [0.717, 1.165) is 31.1 Å². The van der Waals surface area contributed by atoms with Crippen molar-refractivity contribution in [2.45, 2.75) is 116 Å². The first-order valence-electron chi connectivity index (χ1n) is 10.9. The lowest BCUT2D eigenvalue weighted by atomic mass is 9.77. The maximum atomic E-state index is 12.3. The quantitative estimate of drug-likeness (QED) is 0.347. The molecule has 2 heteroatoms. The van der Waals surface area contributed by atoms with Crippen LogP contribution >= 0.6 is 0 Å². The molecule has 1 unspecified atom stereocenters. The van der Waals surface area contributed by atoms with Crippen LogP contribution in [0.25, 0.3) is 0 Å². The minimum absolute atomic E-state index is 0.0650. The maximum absolute atomic E-state index is 12.3. The molecule has 0 heterocycles. The molecule has 0 aliphatic heterocycles. The van der Waals surface area contributed by atoms with E-state index in [9.17, 15) is 4.79 Å². The van der Waals surface area contributed by atoms with Crippen LogP contribution in [-0.4, -0.2) is 12.1 Å². The van der Waals surface area contributed by atoms with Gasteiger partial charge in [0.2, 0.25) is 0 Å². The fourth-order valence-electron chi connectivity index (χ4n) is 4.56. The third-order valence-corrected chi connectivity index (χ3v) is 6.43. The first kappa shape index (κ1) is 19.8. The van der Waals surface area contributed by atoms with Gasteiger partial charge in [-0.25, -0.2) is 0 Å². The Morgan fingerprint density at radius 2 is 1.54 bits per heavy atom. The lowest BCUT2D eigenvalue weighted by Gasteiger charge is -2.29. The van der Waals surface area contributed by atoms with Gasteiger partial charge in [0.05, 0.1) is 5.92 Å². The summed E-state index contributed by atoms with van der Waals surface area (Å²) >= 11 is 0. The highest BCUT2D eigenvalue weighted by atomic mass is 16.5. The third kappa shape index (κ3) is 7.15. The fraction of sp³-hybridized carbons (Fsp3) is 0.955. The average Bonchev–Trinajstić information content (AvgIpc) is 2.62. The Morgan fingerprint density at radius 3 is 2.17 bits per heavy atom. The van der Waals surface area contributed by atoms with Crippen molar-refractivity contribution in [2.24, 2.45) is 17.8 Å². The first-order chi connectivity index (χ1) is 11.7. The standard InChI is InChI=1S/C22H40O2/c1-3-4-6-9-19-14-16-20(17-15-19)13-12-18(2)22(23)24-21-10-7-5-8-11-21/h18-21H,3-17H2,1-2H3. The molecule has 1 atom stereocenters. The van der Waals surface area contributed by atoms with Crippen molar-refractivity contribution < 1.29 is 9.53 Å². The van der Waals surface area contributed by atoms with Crippen LogP contribution < -0.4 is 0 Å². The highest BCUT2D eigenvalue weighted by Crippen LogP contribution is 2.35. The molecule has 24 heavy (non-hydrogen) atoms. The van der Waals surface area contributed by atoms with Crippen LogP contribution in [-0.2, 0) is 9.53 Å². The van der Waals surface area contributed by atoms with Crippen LogP contribution in [0.2, 0.25) is 0 Å². The molecule has 0 radical (unpaired) electrons. The molecule has 140 valence electrons. The molecule has 2 saturated carbocycles. The van der Waals surface area contributed by atoms with Gasteiger partial charge in [-0.2, -0.15) is 0 Å². The summed E-state index contributed by atoms with van der Waals surface area (Å²) in [4.78, 5) is 12.3. The molecule has 0 bridgehead atoms. The van der Waals surface area contributed by atoms with Crippen LogP contribution in [0.3, 0.4) is 0 Å². The summed E-state index contributed by atoms with van der Waals surface area (Å²) < 4.78 is 5.73. The minimum atomic E-state index is 0.0650. The second kappa shape index (κ2) is 11.2. The van der Waals surface area contributed by atoms with Gasteiger partial charge in [0.25, 0.3) is 0 Å². The molecule has 0 amide bonds. The second-order valence-electron chi connectivity index (χ2n) is 8.56. The fourth-order valence-corrected chi connectivity index (χ4v) is 4.56. The predicted octanol–water partition coefficient (Wildman–Crippen LogP) is 6.67. The van der Waals surface area contributed by atoms with Crippen molar-refractivity contribution in [3.8, 4) is 0 Å². The van der Waals surface area contributed by atoms with E-state index >= 15 is 0 Å². The summed E-state index contributed by atoms with van der Waals surface area (Å²) in [5.74, 6) is 2.00. The predicted molar refractivity (Wildman–Crippen MR) is 101 cm³/mol. The number of hydrogen-bond acceptors (Lipinski definition) is 2. The Kier molecular flexibility index (Phi) is 9.20. The van der Waals surface area contributed by atoms with Gasteiger partial charge in [-0.1, -0.05) is 71.6 Å². The van der Waals surface area contributed by atoms with Crippen molar-refractivity contribution in [1.82, 2.24) is 0 Å². The topological polar surface area (TPSA) is 26.3 Å². The van der Waals surface area contributed by atoms with Crippen LogP contribution in [0, 0.1) is 17.8 Å². The van der Waals surface area contributed by atoms with Crippen molar-refractivity contribution >= 4 is 5.97 Å². The van der Waals surface area contributed by atoms with Crippen LogP contribution in [0.4, 0.5) is 0 Å². The largest absolute Gasteiger partial charge is 0.462 e. The normalized spacial score (nSPS) is 26.9. The molecule has 2 aliphatic rings. The molecule has 0 aromatic rings. The molecule has 2 fully saturated rings. The smallest absolute Gasteiger partial charge is 0.308 e. The van der Waals surface area contributed by atoms with Crippen LogP contribution in [0.1, 0.15) is 110 Å². The molecular formula is C22H40O2. The Bertz CT molecular complexity index is 338. The van der Waals surface area contributed by atoms with Crippen molar-refractivity contribution in [2.75, 3.05) is 0 Å². The summed E-state index contributed by atoms with van der Waals surface area (Å²) in [6.45, 7) is 4.36. The van der Waals surface area contributed by atoms with Gasteiger partial charge in [-0.3, -0.25) is 4.79 Å². The molecule has 2 nitrogen and oxygen atoms in total. The molecule has 0 aromatic heterocycles. The van der Waals surface area contributed by atoms with Gasteiger partial charge < -0.3 is 4.74 Å². The zero-order chi connectivity index (χ0) is 17.2. The average molecular weight is 337 g/mol. The van der Waals surface area contributed by atoms with Gasteiger partial charge in [0, 0.05) is 0 Å². The molecular weight excluding hydrogens is 296 g/mol. The summed E-state index contributed by atoms with van der Waals surface area (Å²) in [5.41, 5.74) is 0. The van der Waals surface area contributed by atoms with Gasteiger partial charge in [0.15, 0.2) is 0 Å². The zero-order valence-corrected chi connectivity index (χ0v) is 16.2. The van der Waals surface area contributed by atoms with Crippen LogP contribution in [0.15, 0.2) is 0 Å². The Labute approximate surface area is 150 Å². The van der Waals surface area contributed by atoms with Crippen molar-refractivity contribution in [3.05, 3.63) is 0 Å². The van der Waals surface area contributed by atoms with Crippen molar-refractivity contribution in [1.29, 1.82) is 0 Å². The summed E-state index contributed by atoms with van der Waals surface area (Å²) in [6.07, 6.45) is 19.7. The van der Waals surface area contributed by atoms with E-state index in [4.69, 9.17) is 4.74 Å². The molecule has 0 N–H and O–H groups in total. The van der Waals surface area contributed by atoms with E-state index < -0.39 is 0 Å². The second-order valence-corrected chi connectivity index (χ2v) is 8.56. The molecule has 0 aromatic carbocycles. The van der Waals surface area contributed by atoms with Gasteiger partial charge in [-0.05, 0) is 50.4 Å².